The molecule has 0 saturated carbocycles. The lowest BCUT2D eigenvalue weighted by molar-refractivity contribution is 0.912. The summed E-state index contributed by atoms with van der Waals surface area (Å²) in [6.07, 6.45) is 3.68. The van der Waals surface area contributed by atoms with Gasteiger partial charge in [0.25, 0.3) is 0 Å². The quantitative estimate of drug-likeness (QED) is 0.759. The summed E-state index contributed by atoms with van der Waals surface area (Å²) in [5.74, 6) is 0. The largest absolute Gasteiger partial charge is 0.234 e. The normalized spacial score (nSPS) is 14.2. The standard InChI is InChI=1S/C11H9ClN2S/c12-11-13-10(15-14-11)9-5-4-7-2-1-3-8(7)6-9/h4-6H,1-3H2. The van der Waals surface area contributed by atoms with Crippen LogP contribution in [0.4, 0.5) is 0 Å². The molecule has 0 saturated heterocycles. The third-order valence-electron chi connectivity index (χ3n) is 2.75. The average Bonchev–Trinajstić information content (AvgIpc) is 2.84. The minimum absolute atomic E-state index is 0.343. The molecular weight excluding hydrogens is 228 g/mol. The fourth-order valence-corrected chi connectivity index (χ4v) is 2.83. The summed E-state index contributed by atoms with van der Waals surface area (Å²) < 4.78 is 3.98. The molecule has 4 heteroatoms. The highest BCUT2D eigenvalue weighted by Crippen LogP contribution is 2.29. The van der Waals surface area contributed by atoms with E-state index in [2.05, 4.69) is 27.6 Å². The number of hydrogen-bond donors (Lipinski definition) is 0. The van der Waals surface area contributed by atoms with Crippen LogP contribution in [0, 0.1) is 0 Å². The topological polar surface area (TPSA) is 25.8 Å². The second kappa shape index (κ2) is 3.58. The summed E-state index contributed by atoms with van der Waals surface area (Å²) in [7, 11) is 0. The van der Waals surface area contributed by atoms with Gasteiger partial charge >= 0.3 is 0 Å². The minimum Gasteiger partial charge on any atom is -0.205 e. The monoisotopic (exact) mass is 236 g/mol. The number of aryl methyl sites for hydroxylation is 2. The number of hydrogen-bond acceptors (Lipinski definition) is 3. The van der Waals surface area contributed by atoms with Crippen molar-refractivity contribution in [3.05, 3.63) is 34.6 Å². The van der Waals surface area contributed by atoms with E-state index in [1.165, 1.54) is 41.9 Å². The van der Waals surface area contributed by atoms with E-state index < -0.39 is 0 Å². The molecule has 1 aromatic carbocycles. The van der Waals surface area contributed by atoms with Crippen LogP contribution in [-0.2, 0) is 12.8 Å². The first kappa shape index (κ1) is 9.31. The van der Waals surface area contributed by atoms with Gasteiger partial charge in [0.15, 0.2) is 0 Å². The first-order valence-corrected chi connectivity index (χ1v) is 6.09. The average molecular weight is 237 g/mol. The van der Waals surface area contributed by atoms with E-state index in [9.17, 15) is 0 Å². The molecule has 76 valence electrons. The zero-order valence-electron chi connectivity index (χ0n) is 8.03. The Morgan fingerprint density at radius 1 is 1.20 bits per heavy atom. The van der Waals surface area contributed by atoms with E-state index in [1.54, 1.807) is 0 Å². The molecule has 0 amide bonds. The van der Waals surface area contributed by atoms with Crippen molar-refractivity contribution in [3.8, 4) is 10.6 Å². The molecule has 3 rings (SSSR count). The maximum absolute atomic E-state index is 5.72. The summed E-state index contributed by atoms with van der Waals surface area (Å²) in [6.45, 7) is 0. The molecule has 1 aliphatic rings. The van der Waals surface area contributed by atoms with Crippen LogP contribution in [0.5, 0.6) is 0 Å². The summed E-state index contributed by atoms with van der Waals surface area (Å²) in [4.78, 5) is 4.18. The highest BCUT2D eigenvalue weighted by atomic mass is 35.5. The molecule has 1 aromatic heterocycles. The molecule has 15 heavy (non-hydrogen) atoms. The van der Waals surface area contributed by atoms with E-state index in [0.717, 1.165) is 10.6 Å². The number of aromatic nitrogens is 2. The Hall–Kier alpha value is -0.930. The molecule has 2 aromatic rings. The summed E-state index contributed by atoms with van der Waals surface area (Å²) in [5.41, 5.74) is 4.08. The van der Waals surface area contributed by atoms with Crippen LogP contribution < -0.4 is 0 Å². The van der Waals surface area contributed by atoms with Crippen molar-refractivity contribution in [2.75, 3.05) is 0 Å². The van der Waals surface area contributed by atoms with Crippen molar-refractivity contribution in [1.82, 2.24) is 9.36 Å². The smallest absolute Gasteiger partial charge is 0.205 e. The first-order valence-electron chi connectivity index (χ1n) is 4.94. The van der Waals surface area contributed by atoms with Crippen molar-refractivity contribution in [3.63, 3.8) is 0 Å². The third-order valence-corrected chi connectivity index (χ3v) is 3.78. The fourth-order valence-electron chi connectivity index (χ4n) is 2.03. The summed E-state index contributed by atoms with van der Waals surface area (Å²) in [5, 5.41) is 1.25. The Balaban J connectivity index is 2.06. The van der Waals surface area contributed by atoms with Crippen LogP contribution in [0.1, 0.15) is 17.5 Å². The third kappa shape index (κ3) is 1.66. The SMILES string of the molecule is Clc1nsc(-c2ccc3c(c2)CCC3)n1. The maximum Gasteiger partial charge on any atom is 0.234 e. The molecule has 2 nitrogen and oxygen atoms in total. The molecule has 0 atom stereocenters. The lowest BCUT2D eigenvalue weighted by Gasteiger charge is -2.00. The Morgan fingerprint density at radius 2 is 2.07 bits per heavy atom. The van der Waals surface area contributed by atoms with E-state index in [-0.39, 0.29) is 0 Å². The van der Waals surface area contributed by atoms with Crippen molar-refractivity contribution in [2.24, 2.45) is 0 Å². The van der Waals surface area contributed by atoms with Gasteiger partial charge in [0, 0.05) is 5.56 Å². The Labute approximate surface area is 97.1 Å². The first-order chi connectivity index (χ1) is 7.33. The van der Waals surface area contributed by atoms with Crippen LogP contribution in [0.3, 0.4) is 0 Å². The van der Waals surface area contributed by atoms with Crippen molar-refractivity contribution < 1.29 is 0 Å². The Bertz CT molecular complexity index is 507. The highest BCUT2D eigenvalue weighted by molar-refractivity contribution is 7.09. The number of halogens is 1. The summed E-state index contributed by atoms with van der Waals surface area (Å²) in [6, 6.07) is 6.53. The molecule has 0 N–H and O–H groups in total. The lowest BCUT2D eigenvalue weighted by Crippen LogP contribution is -1.83. The van der Waals surface area contributed by atoms with Gasteiger partial charge in [-0.25, -0.2) is 4.98 Å². The highest BCUT2D eigenvalue weighted by Gasteiger charge is 2.12. The fraction of sp³-hybridized carbons (Fsp3) is 0.273. The van der Waals surface area contributed by atoms with Crippen molar-refractivity contribution in [1.29, 1.82) is 0 Å². The van der Waals surface area contributed by atoms with Crippen LogP contribution in [0.15, 0.2) is 18.2 Å². The molecule has 0 fully saturated rings. The minimum atomic E-state index is 0.343. The maximum atomic E-state index is 5.72. The predicted octanol–water partition coefficient (Wildman–Crippen LogP) is 3.35. The van der Waals surface area contributed by atoms with Gasteiger partial charge in [-0.05, 0) is 59.6 Å². The Kier molecular flexibility index (Phi) is 2.22. The van der Waals surface area contributed by atoms with Gasteiger partial charge in [-0.1, -0.05) is 12.1 Å². The molecule has 1 heterocycles. The van der Waals surface area contributed by atoms with Gasteiger partial charge in [-0.3, -0.25) is 0 Å². The lowest BCUT2D eigenvalue weighted by atomic mass is 10.1. The molecular formula is C11H9ClN2S. The molecule has 0 unspecified atom stereocenters. The number of fused-ring (bicyclic) bond motifs is 1. The van der Waals surface area contributed by atoms with E-state index >= 15 is 0 Å². The molecule has 0 spiro atoms. The van der Waals surface area contributed by atoms with Gasteiger partial charge in [0.2, 0.25) is 5.28 Å². The van der Waals surface area contributed by atoms with Crippen LogP contribution in [0.25, 0.3) is 10.6 Å². The zero-order chi connectivity index (χ0) is 10.3. The van der Waals surface area contributed by atoms with Crippen molar-refractivity contribution in [2.45, 2.75) is 19.3 Å². The predicted molar refractivity (Wildman–Crippen MR) is 62.4 cm³/mol. The van der Waals surface area contributed by atoms with Crippen LogP contribution >= 0.6 is 23.1 Å². The molecule has 0 bridgehead atoms. The van der Waals surface area contributed by atoms with Gasteiger partial charge in [0.1, 0.15) is 5.01 Å². The zero-order valence-corrected chi connectivity index (χ0v) is 9.61. The van der Waals surface area contributed by atoms with E-state index in [1.807, 2.05) is 0 Å². The molecule has 1 aliphatic carbocycles. The van der Waals surface area contributed by atoms with Crippen molar-refractivity contribution >= 4 is 23.1 Å². The number of rotatable bonds is 1. The Morgan fingerprint density at radius 3 is 2.87 bits per heavy atom. The van der Waals surface area contributed by atoms with Gasteiger partial charge in [-0.2, -0.15) is 4.37 Å². The van der Waals surface area contributed by atoms with Crippen LogP contribution in [0.2, 0.25) is 5.28 Å². The van der Waals surface area contributed by atoms with E-state index in [0.29, 0.717) is 5.28 Å². The number of benzene rings is 1. The van der Waals surface area contributed by atoms with E-state index in [4.69, 9.17) is 11.6 Å². The van der Waals surface area contributed by atoms with Gasteiger partial charge in [-0.15, -0.1) is 0 Å². The number of nitrogens with zero attached hydrogens (tertiary/aromatic N) is 2. The van der Waals surface area contributed by atoms with Gasteiger partial charge in [0.05, 0.1) is 0 Å². The molecule has 0 aliphatic heterocycles. The summed E-state index contributed by atoms with van der Waals surface area (Å²) >= 11 is 7.07. The van der Waals surface area contributed by atoms with Gasteiger partial charge < -0.3 is 0 Å². The molecule has 0 radical (unpaired) electrons. The van der Waals surface area contributed by atoms with Crippen LogP contribution in [-0.4, -0.2) is 9.36 Å². The second-order valence-corrected chi connectivity index (χ2v) is 4.80. The second-order valence-electron chi connectivity index (χ2n) is 3.71.